The third-order valence-corrected chi connectivity index (χ3v) is 7.82. The second-order valence-electron chi connectivity index (χ2n) is 10.3. The highest BCUT2D eigenvalue weighted by Gasteiger charge is 2.69. The van der Waals surface area contributed by atoms with Crippen molar-refractivity contribution in [2.75, 3.05) is 6.61 Å². The van der Waals surface area contributed by atoms with E-state index < -0.39 is 42.2 Å². The fraction of sp³-hybridized carbons (Fsp3) is 0.567. The summed E-state index contributed by atoms with van der Waals surface area (Å²) in [6.07, 6.45) is -10.2. The number of aryl methyl sites for hydroxylation is 3. The molecule has 0 aliphatic rings. The smallest absolute Gasteiger partial charge is 0.426 e. The largest absolute Gasteiger partial charge is 0.493 e. The minimum atomic E-state index is -5.84. The molecule has 0 unspecified atom stereocenters. The summed E-state index contributed by atoms with van der Waals surface area (Å²) in [7, 11) is 0. The molecule has 0 aromatic heterocycles. The van der Waals surface area contributed by atoms with Gasteiger partial charge in [-0.2, -0.15) is 26.3 Å². The van der Waals surface area contributed by atoms with Gasteiger partial charge in [-0.05, 0) is 92.7 Å². The zero-order valence-electron chi connectivity index (χ0n) is 23.3. The van der Waals surface area contributed by atoms with E-state index in [0.29, 0.717) is 37.0 Å². The molecule has 2 N–H and O–H groups in total. The van der Waals surface area contributed by atoms with Crippen LogP contribution in [0.1, 0.15) is 86.6 Å². The van der Waals surface area contributed by atoms with Crippen LogP contribution in [0.25, 0.3) is 0 Å². The quantitative estimate of drug-likeness (QED) is 0.176. The molecule has 224 valence electrons. The number of aliphatic carboxylic acids is 1. The number of halogens is 6. The van der Waals surface area contributed by atoms with Crippen molar-refractivity contribution in [3.63, 3.8) is 0 Å². The third-order valence-electron chi connectivity index (χ3n) is 7.82. The number of carboxylic acids is 1. The van der Waals surface area contributed by atoms with Crippen molar-refractivity contribution in [3.8, 4) is 5.75 Å². The summed E-state index contributed by atoms with van der Waals surface area (Å²) in [6, 6.07) is 11.0. The zero-order valence-corrected chi connectivity index (χ0v) is 23.3. The lowest BCUT2D eigenvalue weighted by Gasteiger charge is -2.35. The maximum Gasteiger partial charge on any atom is 0.426 e. The van der Waals surface area contributed by atoms with E-state index in [0.717, 1.165) is 35.3 Å². The van der Waals surface area contributed by atoms with Crippen molar-refractivity contribution in [1.29, 1.82) is 0 Å². The molecule has 10 heteroatoms. The number of alkyl halides is 6. The standard InChI is InChI=1S/C30H38F6O4/c1-5-27(6-2,24-13-14-25(21(4)19-24)40-17-9-7-8-10-26(37)38)23-12-11-22(20(3)18-23)15-16-28(39,29(31,32)33)30(34,35)36/h11-14,18-19,39H,5-10,15-17H2,1-4H3,(H,37,38). The lowest BCUT2D eigenvalue weighted by Crippen LogP contribution is -2.57. The molecule has 2 aromatic carbocycles. The number of carbonyl (C=O) groups is 1. The molecule has 0 atom stereocenters. The van der Waals surface area contributed by atoms with E-state index in [1.165, 1.54) is 0 Å². The van der Waals surface area contributed by atoms with Gasteiger partial charge >= 0.3 is 18.3 Å². The Balaban J connectivity index is 2.25. The first-order valence-electron chi connectivity index (χ1n) is 13.4. The number of carboxylic acid groups (broad SMARTS) is 1. The Morgan fingerprint density at radius 1 is 0.825 bits per heavy atom. The normalized spacial score (nSPS) is 13.0. The average molecular weight is 577 g/mol. The Morgan fingerprint density at radius 3 is 1.85 bits per heavy atom. The number of benzene rings is 2. The molecular formula is C30H38F6O4. The molecule has 40 heavy (non-hydrogen) atoms. The Labute approximate surface area is 231 Å². The third kappa shape index (κ3) is 7.50. The number of ether oxygens (including phenoxy) is 1. The summed E-state index contributed by atoms with van der Waals surface area (Å²) in [6.45, 7) is 8.08. The Bertz CT molecular complexity index is 1120. The minimum Gasteiger partial charge on any atom is -0.493 e. The van der Waals surface area contributed by atoms with E-state index in [2.05, 4.69) is 0 Å². The summed E-state index contributed by atoms with van der Waals surface area (Å²) < 4.78 is 84.6. The Kier molecular flexibility index (Phi) is 11.1. The van der Waals surface area contributed by atoms with E-state index in [-0.39, 0.29) is 6.42 Å². The molecule has 0 fully saturated rings. The molecule has 0 aliphatic carbocycles. The van der Waals surface area contributed by atoms with E-state index in [1.807, 2.05) is 39.0 Å². The monoisotopic (exact) mass is 576 g/mol. The summed E-state index contributed by atoms with van der Waals surface area (Å²) in [5, 5.41) is 18.2. The number of hydrogen-bond donors (Lipinski definition) is 2. The first kappa shape index (κ1) is 33.5. The molecule has 2 rings (SSSR count). The first-order valence-corrected chi connectivity index (χ1v) is 13.4. The van der Waals surface area contributed by atoms with Crippen LogP contribution in [-0.2, 0) is 16.6 Å². The van der Waals surface area contributed by atoms with Crippen molar-refractivity contribution >= 4 is 5.97 Å². The van der Waals surface area contributed by atoms with Crippen LogP contribution >= 0.6 is 0 Å². The lowest BCUT2D eigenvalue weighted by atomic mass is 9.69. The highest BCUT2D eigenvalue weighted by Crippen LogP contribution is 2.46. The van der Waals surface area contributed by atoms with Crippen LogP contribution in [-0.4, -0.2) is 40.7 Å². The fourth-order valence-corrected chi connectivity index (χ4v) is 5.11. The van der Waals surface area contributed by atoms with Crippen LogP contribution in [0.3, 0.4) is 0 Å². The lowest BCUT2D eigenvalue weighted by molar-refractivity contribution is -0.369. The van der Waals surface area contributed by atoms with Gasteiger partial charge in [0.2, 0.25) is 0 Å². The van der Waals surface area contributed by atoms with E-state index in [4.69, 9.17) is 9.84 Å². The highest BCUT2D eigenvalue weighted by atomic mass is 19.4. The van der Waals surface area contributed by atoms with Crippen molar-refractivity contribution < 1.29 is 46.1 Å². The van der Waals surface area contributed by atoms with Gasteiger partial charge in [0.25, 0.3) is 5.60 Å². The fourth-order valence-electron chi connectivity index (χ4n) is 5.11. The van der Waals surface area contributed by atoms with Gasteiger partial charge in [-0.1, -0.05) is 44.2 Å². The summed E-state index contributed by atoms with van der Waals surface area (Å²) in [5.41, 5.74) is -1.54. The zero-order chi connectivity index (χ0) is 30.4. The van der Waals surface area contributed by atoms with Crippen LogP contribution in [0, 0.1) is 13.8 Å². The maximum atomic E-state index is 13.1. The molecule has 0 bridgehead atoms. The number of aliphatic hydroxyl groups is 1. The van der Waals surface area contributed by atoms with E-state index in [9.17, 15) is 36.2 Å². The highest BCUT2D eigenvalue weighted by molar-refractivity contribution is 5.66. The second-order valence-corrected chi connectivity index (χ2v) is 10.3. The first-order chi connectivity index (χ1) is 18.5. The second kappa shape index (κ2) is 13.3. The van der Waals surface area contributed by atoms with Gasteiger partial charge in [0.1, 0.15) is 5.75 Å². The van der Waals surface area contributed by atoms with Gasteiger partial charge < -0.3 is 14.9 Å². The van der Waals surface area contributed by atoms with Crippen LogP contribution < -0.4 is 4.74 Å². The summed E-state index contributed by atoms with van der Waals surface area (Å²) in [5.74, 6) is -0.0981. The number of hydrogen-bond acceptors (Lipinski definition) is 3. The molecule has 0 spiro atoms. The van der Waals surface area contributed by atoms with Gasteiger partial charge in [-0.15, -0.1) is 0 Å². The molecule has 0 heterocycles. The van der Waals surface area contributed by atoms with Crippen LogP contribution in [0.5, 0.6) is 5.75 Å². The molecular weight excluding hydrogens is 538 g/mol. The minimum absolute atomic E-state index is 0.133. The predicted molar refractivity (Wildman–Crippen MR) is 141 cm³/mol. The molecule has 4 nitrogen and oxygen atoms in total. The van der Waals surface area contributed by atoms with Gasteiger partial charge in [0, 0.05) is 11.8 Å². The molecule has 2 aromatic rings. The maximum absolute atomic E-state index is 13.1. The van der Waals surface area contributed by atoms with Crippen molar-refractivity contribution in [2.45, 2.75) is 102 Å². The average Bonchev–Trinajstić information content (AvgIpc) is 2.86. The van der Waals surface area contributed by atoms with Gasteiger partial charge in [-0.3, -0.25) is 4.79 Å². The van der Waals surface area contributed by atoms with Crippen LogP contribution in [0.2, 0.25) is 0 Å². The Hall–Kier alpha value is -2.75. The van der Waals surface area contributed by atoms with Crippen molar-refractivity contribution in [3.05, 3.63) is 64.2 Å². The molecule has 0 saturated carbocycles. The molecule has 0 radical (unpaired) electrons. The van der Waals surface area contributed by atoms with Gasteiger partial charge in [0.05, 0.1) is 6.61 Å². The van der Waals surface area contributed by atoms with Crippen LogP contribution in [0.15, 0.2) is 36.4 Å². The van der Waals surface area contributed by atoms with Gasteiger partial charge in [0.15, 0.2) is 0 Å². The number of rotatable bonds is 14. The topological polar surface area (TPSA) is 66.8 Å². The van der Waals surface area contributed by atoms with Gasteiger partial charge in [-0.25, -0.2) is 0 Å². The van der Waals surface area contributed by atoms with Crippen molar-refractivity contribution in [1.82, 2.24) is 0 Å². The van der Waals surface area contributed by atoms with Crippen LogP contribution in [0.4, 0.5) is 26.3 Å². The molecule has 0 saturated heterocycles. The summed E-state index contributed by atoms with van der Waals surface area (Å²) in [4.78, 5) is 10.6. The molecule has 0 aliphatic heterocycles. The Morgan fingerprint density at radius 2 is 1.38 bits per heavy atom. The van der Waals surface area contributed by atoms with E-state index >= 15 is 0 Å². The van der Waals surface area contributed by atoms with Crippen molar-refractivity contribution in [2.24, 2.45) is 0 Å². The number of unbranched alkanes of at least 4 members (excludes halogenated alkanes) is 2. The SMILES string of the molecule is CCC(CC)(c1ccc(CCC(O)(C(F)(F)F)C(F)(F)F)c(C)c1)c1ccc(OCCCCCC(=O)O)c(C)c1. The van der Waals surface area contributed by atoms with E-state index in [1.54, 1.807) is 25.1 Å². The predicted octanol–water partition coefficient (Wildman–Crippen LogP) is 8.22. The molecule has 0 amide bonds. The summed E-state index contributed by atoms with van der Waals surface area (Å²) >= 11 is 0.